The van der Waals surface area contributed by atoms with Crippen LogP contribution >= 0.6 is 0 Å². The van der Waals surface area contributed by atoms with Crippen molar-refractivity contribution in [3.8, 4) is 0 Å². The minimum absolute atomic E-state index is 0.0524. The van der Waals surface area contributed by atoms with Crippen LogP contribution in [0.15, 0.2) is 28.8 Å². The van der Waals surface area contributed by atoms with Crippen LogP contribution in [0.5, 0.6) is 0 Å². The molecule has 3 amide bonds. The average Bonchev–Trinajstić information content (AvgIpc) is 3.08. The number of aryl methyl sites for hydroxylation is 1. The molecule has 2 heterocycles. The molecule has 0 radical (unpaired) electrons. The highest BCUT2D eigenvalue weighted by Gasteiger charge is 2.43. The standard InChI is InChI=1S/C15H15FN4O3/c1-3-13-17-12(18-23-13)8-19-14(21)9(2)20(15(19)22)11-6-4-10(16)5-7-11/h4-7,9H,3,8H2,1-2H3/t9-/m1/s1. The fourth-order valence-electron chi connectivity index (χ4n) is 2.45. The minimum atomic E-state index is -0.675. The molecule has 3 rings (SSSR count). The van der Waals surface area contributed by atoms with Crippen molar-refractivity contribution in [1.82, 2.24) is 15.0 Å². The second-order valence-corrected chi connectivity index (χ2v) is 5.19. The first-order chi connectivity index (χ1) is 11.0. The maximum absolute atomic E-state index is 13.0. The number of amides is 3. The second-order valence-electron chi connectivity index (χ2n) is 5.19. The summed E-state index contributed by atoms with van der Waals surface area (Å²) in [4.78, 5) is 31.4. The molecule has 1 aliphatic rings. The number of aromatic nitrogens is 2. The molecular weight excluding hydrogens is 303 g/mol. The van der Waals surface area contributed by atoms with Crippen molar-refractivity contribution in [3.63, 3.8) is 0 Å². The minimum Gasteiger partial charge on any atom is -0.339 e. The van der Waals surface area contributed by atoms with Crippen LogP contribution in [0.25, 0.3) is 0 Å². The third-order valence-corrected chi connectivity index (χ3v) is 3.66. The van der Waals surface area contributed by atoms with E-state index in [0.29, 0.717) is 18.0 Å². The topological polar surface area (TPSA) is 79.5 Å². The first-order valence-electron chi connectivity index (χ1n) is 7.23. The molecule has 1 saturated heterocycles. The Morgan fingerprint density at radius 1 is 1.26 bits per heavy atom. The molecule has 8 heteroatoms. The number of carbonyl (C=O) groups is 2. The molecule has 120 valence electrons. The molecule has 2 aromatic rings. The van der Waals surface area contributed by atoms with Crippen molar-refractivity contribution in [2.45, 2.75) is 32.9 Å². The first-order valence-corrected chi connectivity index (χ1v) is 7.23. The summed E-state index contributed by atoms with van der Waals surface area (Å²) in [6.07, 6.45) is 0.576. The fraction of sp³-hybridized carbons (Fsp3) is 0.333. The third-order valence-electron chi connectivity index (χ3n) is 3.66. The number of nitrogens with zero attached hydrogens (tertiary/aromatic N) is 4. The van der Waals surface area contributed by atoms with E-state index < -0.39 is 17.9 Å². The largest absolute Gasteiger partial charge is 0.339 e. The molecule has 0 N–H and O–H groups in total. The van der Waals surface area contributed by atoms with Gasteiger partial charge < -0.3 is 4.52 Å². The Kier molecular flexibility index (Phi) is 3.81. The van der Waals surface area contributed by atoms with Crippen LogP contribution in [0.3, 0.4) is 0 Å². The van der Waals surface area contributed by atoms with Gasteiger partial charge in [0.2, 0.25) is 5.89 Å². The Morgan fingerprint density at radius 3 is 2.57 bits per heavy atom. The van der Waals surface area contributed by atoms with Crippen LogP contribution in [0, 0.1) is 5.82 Å². The van der Waals surface area contributed by atoms with Crippen LogP contribution in [-0.2, 0) is 17.8 Å². The molecule has 1 fully saturated rings. The van der Waals surface area contributed by atoms with Crippen molar-refractivity contribution in [3.05, 3.63) is 41.8 Å². The van der Waals surface area contributed by atoms with Crippen LogP contribution in [0.2, 0.25) is 0 Å². The Hall–Kier alpha value is -2.77. The number of carbonyl (C=O) groups excluding carboxylic acids is 2. The van der Waals surface area contributed by atoms with Crippen molar-refractivity contribution >= 4 is 17.6 Å². The fourth-order valence-corrected chi connectivity index (χ4v) is 2.45. The van der Waals surface area contributed by atoms with Gasteiger partial charge in [-0.3, -0.25) is 14.6 Å². The van der Waals surface area contributed by atoms with Crippen LogP contribution < -0.4 is 4.90 Å². The molecule has 1 aromatic heterocycles. The summed E-state index contributed by atoms with van der Waals surface area (Å²) in [5.74, 6) is -0.0449. The summed E-state index contributed by atoms with van der Waals surface area (Å²) in [6.45, 7) is 3.43. The van der Waals surface area contributed by atoms with E-state index in [-0.39, 0.29) is 18.3 Å². The third kappa shape index (κ3) is 2.67. The maximum atomic E-state index is 13.0. The van der Waals surface area contributed by atoms with E-state index in [2.05, 4.69) is 10.1 Å². The lowest BCUT2D eigenvalue weighted by Crippen LogP contribution is -2.33. The number of anilines is 1. The van der Waals surface area contributed by atoms with Gasteiger partial charge in [-0.15, -0.1) is 0 Å². The Labute approximate surface area is 131 Å². The number of halogens is 1. The predicted octanol–water partition coefficient (Wildman–Crippen LogP) is 2.13. The van der Waals surface area contributed by atoms with Gasteiger partial charge in [0.05, 0.1) is 6.54 Å². The van der Waals surface area contributed by atoms with Gasteiger partial charge in [-0.05, 0) is 31.2 Å². The molecule has 0 bridgehead atoms. The lowest BCUT2D eigenvalue weighted by Gasteiger charge is -2.19. The van der Waals surface area contributed by atoms with Gasteiger partial charge in [0.1, 0.15) is 11.9 Å². The number of imide groups is 1. The molecule has 7 nitrogen and oxygen atoms in total. The first kappa shape index (κ1) is 15.1. The zero-order valence-electron chi connectivity index (χ0n) is 12.7. The summed E-state index contributed by atoms with van der Waals surface area (Å²) in [5, 5.41) is 3.75. The van der Waals surface area contributed by atoms with Crippen molar-refractivity contribution in [1.29, 1.82) is 0 Å². The zero-order valence-corrected chi connectivity index (χ0v) is 12.7. The molecule has 1 aliphatic heterocycles. The van der Waals surface area contributed by atoms with E-state index >= 15 is 0 Å². The summed E-state index contributed by atoms with van der Waals surface area (Å²) < 4.78 is 18.0. The van der Waals surface area contributed by atoms with Gasteiger partial charge in [0.25, 0.3) is 5.91 Å². The SMILES string of the molecule is CCc1nc(CN2C(=O)[C@@H](C)N(c3ccc(F)cc3)C2=O)no1. The monoisotopic (exact) mass is 318 g/mol. The van der Waals surface area contributed by atoms with Gasteiger partial charge in [-0.1, -0.05) is 12.1 Å². The summed E-state index contributed by atoms with van der Waals surface area (Å²) in [5.41, 5.74) is 0.460. The molecule has 0 spiro atoms. The molecule has 0 unspecified atom stereocenters. The predicted molar refractivity (Wildman–Crippen MR) is 78.0 cm³/mol. The molecule has 23 heavy (non-hydrogen) atoms. The van der Waals surface area contributed by atoms with Gasteiger partial charge in [0.15, 0.2) is 5.82 Å². The van der Waals surface area contributed by atoms with Crippen molar-refractivity contribution in [2.75, 3.05) is 4.90 Å². The molecule has 1 atom stereocenters. The summed E-state index contributed by atoms with van der Waals surface area (Å²) in [6, 6.07) is 4.25. The zero-order chi connectivity index (χ0) is 16.6. The smallest absolute Gasteiger partial charge is 0.332 e. The highest BCUT2D eigenvalue weighted by Crippen LogP contribution is 2.26. The van der Waals surface area contributed by atoms with Gasteiger partial charge in [-0.2, -0.15) is 4.98 Å². The number of urea groups is 1. The van der Waals surface area contributed by atoms with E-state index in [0.717, 1.165) is 4.90 Å². The molecule has 0 aliphatic carbocycles. The van der Waals surface area contributed by atoms with Crippen molar-refractivity contribution in [2.24, 2.45) is 0 Å². The van der Waals surface area contributed by atoms with E-state index in [4.69, 9.17) is 4.52 Å². The van der Waals surface area contributed by atoms with Crippen LogP contribution in [0.4, 0.5) is 14.9 Å². The number of hydrogen-bond donors (Lipinski definition) is 0. The van der Waals surface area contributed by atoms with Crippen LogP contribution in [-0.4, -0.2) is 33.0 Å². The van der Waals surface area contributed by atoms with E-state index in [9.17, 15) is 14.0 Å². The molecular formula is C15H15FN4O3. The Morgan fingerprint density at radius 2 is 1.96 bits per heavy atom. The summed E-state index contributed by atoms with van der Waals surface area (Å²) >= 11 is 0. The van der Waals surface area contributed by atoms with E-state index in [1.807, 2.05) is 6.92 Å². The second kappa shape index (κ2) is 5.79. The molecule has 1 aromatic carbocycles. The van der Waals surface area contributed by atoms with E-state index in [1.54, 1.807) is 6.92 Å². The average molecular weight is 318 g/mol. The maximum Gasteiger partial charge on any atom is 0.332 e. The van der Waals surface area contributed by atoms with Crippen molar-refractivity contribution < 1.29 is 18.5 Å². The van der Waals surface area contributed by atoms with Gasteiger partial charge in [0, 0.05) is 12.1 Å². The number of hydrogen-bond acceptors (Lipinski definition) is 5. The van der Waals surface area contributed by atoms with Gasteiger partial charge in [-0.25, -0.2) is 9.18 Å². The number of benzene rings is 1. The highest BCUT2D eigenvalue weighted by atomic mass is 19.1. The van der Waals surface area contributed by atoms with Crippen LogP contribution in [0.1, 0.15) is 25.6 Å². The van der Waals surface area contributed by atoms with Gasteiger partial charge >= 0.3 is 6.03 Å². The normalized spacial score (nSPS) is 18.1. The lowest BCUT2D eigenvalue weighted by atomic mass is 10.2. The summed E-state index contributed by atoms with van der Waals surface area (Å²) in [7, 11) is 0. The Balaban J connectivity index is 1.84. The quantitative estimate of drug-likeness (QED) is 0.807. The van der Waals surface area contributed by atoms with E-state index in [1.165, 1.54) is 29.2 Å². The lowest BCUT2D eigenvalue weighted by molar-refractivity contribution is -0.127. The number of rotatable bonds is 4. The highest BCUT2D eigenvalue weighted by molar-refractivity contribution is 6.13. The molecule has 0 saturated carbocycles. The Bertz CT molecular complexity index is 743.